The molecule has 0 unspecified atom stereocenters. The predicted octanol–water partition coefficient (Wildman–Crippen LogP) is 2.12. The summed E-state index contributed by atoms with van der Waals surface area (Å²) in [6.07, 6.45) is 0.563. The van der Waals surface area contributed by atoms with Crippen LogP contribution in [0.25, 0.3) is 0 Å². The van der Waals surface area contributed by atoms with Gasteiger partial charge in [-0.05, 0) is 0 Å². The number of halogens is 1. The van der Waals surface area contributed by atoms with E-state index in [9.17, 15) is 4.79 Å². The third-order valence-corrected chi connectivity index (χ3v) is 5.29. The average Bonchev–Trinajstić information content (AvgIpc) is 2.42. The molecule has 3 heteroatoms. The van der Waals surface area contributed by atoms with E-state index in [1.807, 2.05) is 6.07 Å². The molecule has 0 saturated carbocycles. The molecule has 1 heterocycles. The van der Waals surface area contributed by atoms with Gasteiger partial charge in [-0.1, -0.05) is 0 Å². The second-order valence-corrected chi connectivity index (χ2v) is 8.84. The molecule has 0 saturated heterocycles. The molecule has 0 aliphatic carbocycles. The van der Waals surface area contributed by atoms with Crippen molar-refractivity contribution < 1.29 is 4.79 Å². The Kier molecular flexibility index (Phi) is 2.27. The third kappa shape index (κ3) is 1.70. The summed E-state index contributed by atoms with van der Waals surface area (Å²) in [5, 5.41) is 2.84. The minimum absolute atomic E-state index is 0.125. The Morgan fingerprint density at radius 3 is 2.85 bits per heavy atom. The van der Waals surface area contributed by atoms with Crippen LogP contribution in [-0.4, -0.2) is 15.8 Å². The van der Waals surface area contributed by atoms with Crippen molar-refractivity contribution in [1.29, 1.82) is 0 Å². The van der Waals surface area contributed by atoms with Crippen molar-refractivity contribution in [3.8, 4) is 0 Å². The van der Waals surface area contributed by atoms with Gasteiger partial charge >= 0.3 is 85.1 Å². The molecule has 0 aromatic heterocycles. The minimum atomic E-state index is -0.883. The first-order valence-electron chi connectivity index (χ1n) is 4.09. The first kappa shape index (κ1) is 8.99. The van der Waals surface area contributed by atoms with Crippen molar-refractivity contribution in [2.24, 2.45) is 0 Å². The van der Waals surface area contributed by atoms with Crippen molar-refractivity contribution in [3.05, 3.63) is 27.3 Å². The Morgan fingerprint density at radius 1 is 1.38 bits per heavy atom. The topological polar surface area (TPSA) is 29.1 Å². The van der Waals surface area contributed by atoms with Crippen LogP contribution >= 0.6 is 19.8 Å². The van der Waals surface area contributed by atoms with Crippen LogP contribution in [0.15, 0.2) is 18.2 Å². The van der Waals surface area contributed by atoms with Crippen LogP contribution in [0.5, 0.6) is 0 Å². The Hall–Kier alpha value is -0.580. The Labute approximate surface area is 85.1 Å². The fourth-order valence-electron chi connectivity index (χ4n) is 1.43. The molecule has 0 fully saturated rings. The number of anilines is 1. The zero-order valence-electron chi connectivity index (χ0n) is 7.73. The van der Waals surface area contributed by atoms with Crippen LogP contribution in [0.3, 0.4) is 0 Å². The molecule has 1 amide bonds. The molecular weight excluding hydrogens is 277 g/mol. The van der Waals surface area contributed by atoms with Gasteiger partial charge in [-0.25, -0.2) is 0 Å². The molecule has 1 aromatic rings. The van der Waals surface area contributed by atoms with Crippen molar-refractivity contribution in [1.82, 2.24) is 0 Å². The van der Waals surface area contributed by atoms with Gasteiger partial charge in [0.15, 0.2) is 0 Å². The van der Waals surface area contributed by atoms with Crippen LogP contribution in [-0.2, 0) is 11.2 Å². The normalized spacial score (nSPS) is 15.2. The van der Waals surface area contributed by atoms with E-state index in [1.165, 1.54) is 9.13 Å². The van der Waals surface area contributed by atoms with Crippen LogP contribution in [0.1, 0.15) is 5.56 Å². The molecule has 1 aliphatic rings. The zero-order valence-corrected chi connectivity index (χ0v) is 9.88. The van der Waals surface area contributed by atoms with E-state index in [-0.39, 0.29) is 5.91 Å². The third-order valence-electron chi connectivity index (χ3n) is 2.13. The molecular formula is C10H12INO. The number of alkyl halides is 2. The summed E-state index contributed by atoms with van der Waals surface area (Å²) in [7, 11) is 0. The van der Waals surface area contributed by atoms with Crippen LogP contribution in [0.2, 0.25) is 0 Å². The number of hydrogen-bond donors (Lipinski definition) is 1. The van der Waals surface area contributed by atoms with Crippen LogP contribution < -0.4 is 5.32 Å². The second kappa shape index (κ2) is 3.29. The van der Waals surface area contributed by atoms with Gasteiger partial charge < -0.3 is 0 Å². The fourth-order valence-corrected chi connectivity index (χ4v) is 3.33. The van der Waals surface area contributed by atoms with Gasteiger partial charge in [0.2, 0.25) is 0 Å². The van der Waals surface area contributed by atoms with Gasteiger partial charge in [0.1, 0.15) is 0 Å². The van der Waals surface area contributed by atoms with Crippen molar-refractivity contribution >= 4 is 31.4 Å². The summed E-state index contributed by atoms with van der Waals surface area (Å²) in [6, 6.07) is 6.38. The quantitative estimate of drug-likeness (QED) is 0.622. The molecule has 0 radical (unpaired) electrons. The molecule has 0 bridgehead atoms. The van der Waals surface area contributed by atoms with Crippen molar-refractivity contribution in [2.45, 2.75) is 6.42 Å². The summed E-state index contributed by atoms with van der Waals surface area (Å²) < 4.78 is 1.46. The van der Waals surface area contributed by atoms with E-state index in [1.54, 1.807) is 0 Å². The number of hydrogen-bond acceptors (Lipinski definition) is 1. The van der Waals surface area contributed by atoms with Gasteiger partial charge in [-0.2, -0.15) is 0 Å². The van der Waals surface area contributed by atoms with Gasteiger partial charge in [0.05, 0.1) is 0 Å². The number of benzene rings is 1. The van der Waals surface area contributed by atoms with E-state index in [4.69, 9.17) is 0 Å². The predicted molar refractivity (Wildman–Crippen MR) is 63.3 cm³/mol. The SMILES string of the molecule is CI(C)c1ccc2c(c1)CC(=O)N2. The molecule has 0 atom stereocenters. The summed E-state index contributed by atoms with van der Waals surface area (Å²) in [5.74, 6) is 0.125. The molecule has 0 spiro atoms. The van der Waals surface area contributed by atoms with E-state index in [0.717, 1.165) is 5.69 Å². The summed E-state index contributed by atoms with van der Waals surface area (Å²) in [5.41, 5.74) is 2.18. The van der Waals surface area contributed by atoms with Gasteiger partial charge in [-0.3, -0.25) is 0 Å². The van der Waals surface area contributed by atoms with E-state index >= 15 is 0 Å². The monoisotopic (exact) mass is 289 g/mol. The number of carbonyl (C=O) groups excluding carboxylic acids is 1. The second-order valence-electron chi connectivity index (χ2n) is 3.28. The van der Waals surface area contributed by atoms with Gasteiger partial charge in [0.25, 0.3) is 0 Å². The zero-order chi connectivity index (χ0) is 9.42. The number of amides is 1. The molecule has 2 nitrogen and oxygen atoms in total. The van der Waals surface area contributed by atoms with E-state index in [0.29, 0.717) is 6.42 Å². The van der Waals surface area contributed by atoms with Crippen molar-refractivity contribution in [3.63, 3.8) is 0 Å². The molecule has 1 N–H and O–H groups in total. The first-order chi connectivity index (χ1) is 6.16. The Bertz CT molecular complexity index is 360. The van der Waals surface area contributed by atoms with Crippen LogP contribution in [0, 0.1) is 3.57 Å². The maximum atomic E-state index is 11.1. The summed E-state index contributed by atoms with van der Waals surface area (Å²) >= 11 is -0.883. The van der Waals surface area contributed by atoms with E-state index in [2.05, 4.69) is 27.3 Å². The van der Waals surface area contributed by atoms with Gasteiger partial charge in [0, 0.05) is 0 Å². The van der Waals surface area contributed by atoms with Gasteiger partial charge in [-0.15, -0.1) is 0 Å². The molecule has 1 aliphatic heterocycles. The number of fused-ring (bicyclic) bond motifs is 1. The molecule has 13 heavy (non-hydrogen) atoms. The number of rotatable bonds is 1. The molecule has 1 aromatic carbocycles. The van der Waals surface area contributed by atoms with E-state index < -0.39 is 19.8 Å². The summed E-state index contributed by atoms with van der Waals surface area (Å²) in [4.78, 5) is 15.7. The summed E-state index contributed by atoms with van der Waals surface area (Å²) in [6.45, 7) is 0. The Balaban J connectivity index is 2.40. The number of nitrogens with one attached hydrogen (secondary N) is 1. The first-order valence-corrected chi connectivity index (χ1v) is 9.49. The molecule has 2 rings (SSSR count). The Morgan fingerprint density at radius 2 is 2.15 bits per heavy atom. The number of carbonyl (C=O) groups is 1. The van der Waals surface area contributed by atoms with Crippen LogP contribution in [0.4, 0.5) is 5.69 Å². The van der Waals surface area contributed by atoms with Crippen molar-refractivity contribution in [2.75, 3.05) is 15.2 Å². The molecule has 70 valence electrons. The maximum absolute atomic E-state index is 11.1. The fraction of sp³-hybridized carbons (Fsp3) is 0.300. The standard InChI is InChI=1S/C10H12INO/c1-11(2)8-3-4-9-7(5-8)6-10(13)12-9/h3-5H,6H2,1-2H3,(H,12,13). The average molecular weight is 289 g/mol.